The number of aromatic amines is 1. The molecular weight excluding hydrogens is 369 g/mol. The number of nitrogens with one attached hydrogen (secondary N) is 1. The third-order valence-electron chi connectivity index (χ3n) is 4.10. The summed E-state index contributed by atoms with van der Waals surface area (Å²) in [5, 5.41) is 17.7. The molecule has 2 aromatic heterocycles. The number of aryl methyl sites for hydroxylation is 1. The van der Waals surface area contributed by atoms with Gasteiger partial charge in [0.1, 0.15) is 16.6 Å². The van der Waals surface area contributed by atoms with Crippen LogP contribution < -0.4 is 0 Å². The fraction of sp³-hybridized carbons (Fsp3) is 0.350. The molecule has 0 bridgehead atoms. The van der Waals surface area contributed by atoms with Crippen molar-refractivity contribution in [3.8, 4) is 23.0 Å². The molecule has 7 heteroatoms. The zero-order chi connectivity index (χ0) is 19.6. The first-order chi connectivity index (χ1) is 12.8. The van der Waals surface area contributed by atoms with E-state index in [0.29, 0.717) is 18.3 Å². The average Bonchev–Trinajstić information content (AvgIpc) is 3.16. The van der Waals surface area contributed by atoms with Crippen LogP contribution >= 0.6 is 11.6 Å². The molecule has 142 valence electrons. The Morgan fingerprint density at radius 3 is 2.78 bits per heavy atom. The lowest BCUT2D eigenvalue weighted by Gasteiger charge is -2.07. The predicted octanol–water partition coefficient (Wildman–Crippen LogP) is 3.98. The Bertz CT molecular complexity index is 1020. The second kappa shape index (κ2) is 7.73. The number of nitrogens with zero attached hydrogens (tertiary/aromatic N) is 2. The second-order valence-corrected chi connectivity index (χ2v) is 7.22. The van der Waals surface area contributed by atoms with Gasteiger partial charge < -0.3 is 14.4 Å². The molecule has 2 N–H and O–H groups in total. The fourth-order valence-electron chi connectivity index (χ4n) is 2.86. The van der Waals surface area contributed by atoms with E-state index in [4.69, 9.17) is 16.3 Å². The van der Waals surface area contributed by atoms with Crippen molar-refractivity contribution in [3.63, 3.8) is 0 Å². The maximum Gasteiger partial charge on any atom is 0.140 e. The van der Waals surface area contributed by atoms with Crippen molar-refractivity contribution in [2.75, 3.05) is 13.7 Å². The maximum absolute atomic E-state index is 14.6. The molecule has 0 aliphatic rings. The zero-order valence-electron chi connectivity index (χ0n) is 15.4. The summed E-state index contributed by atoms with van der Waals surface area (Å²) >= 11 is 6.22. The second-order valence-electron chi connectivity index (χ2n) is 6.84. The lowest BCUT2D eigenvalue weighted by molar-refractivity contribution is 0.143. The zero-order valence-corrected chi connectivity index (χ0v) is 16.2. The van der Waals surface area contributed by atoms with E-state index >= 15 is 0 Å². The molecule has 0 saturated carbocycles. The third-order valence-corrected chi connectivity index (χ3v) is 4.39. The normalized spacial score (nSPS) is 11.6. The van der Waals surface area contributed by atoms with Gasteiger partial charge in [-0.15, -0.1) is 0 Å². The highest BCUT2D eigenvalue weighted by atomic mass is 35.5. The minimum absolute atomic E-state index is 0.222. The van der Waals surface area contributed by atoms with E-state index in [2.05, 4.69) is 22.0 Å². The number of hydrogen-bond donors (Lipinski definition) is 2. The topological polar surface area (TPSA) is 63.1 Å². The summed E-state index contributed by atoms with van der Waals surface area (Å²) in [5.41, 5.74) is 1.34. The van der Waals surface area contributed by atoms with E-state index in [0.717, 1.165) is 28.5 Å². The van der Waals surface area contributed by atoms with Gasteiger partial charge in [0.2, 0.25) is 0 Å². The van der Waals surface area contributed by atoms with Crippen LogP contribution in [0.15, 0.2) is 24.5 Å². The Balaban J connectivity index is 2.17. The van der Waals surface area contributed by atoms with Gasteiger partial charge in [0, 0.05) is 43.0 Å². The molecule has 0 fully saturated rings. The quantitative estimate of drug-likeness (QED) is 0.512. The molecule has 0 saturated heterocycles. The average molecular weight is 390 g/mol. The van der Waals surface area contributed by atoms with Gasteiger partial charge in [-0.25, -0.2) is 4.39 Å². The molecule has 1 aromatic carbocycles. The van der Waals surface area contributed by atoms with E-state index in [1.165, 1.54) is 6.07 Å². The molecule has 0 radical (unpaired) electrons. The Labute approximate surface area is 162 Å². The number of halogens is 2. The van der Waals surface area contributed by atoms with Crippen LogP contribution in [0.5, 0.6) is 0 Å². The summed E-state index contributed by atoms with van der Waals surface area (Å²) in [4.78, 5) is 0. The van der Waals surface area contributed by atoms with Crippen molar-refractivity contribution in [2.24, 2.45) is 0 Å². The standard InChI is InChI=1S/C20H21ClFN3O2/c1-20(2,26)6-5-13-9-14-16(15-11-23-24-19(15)21)12-25(7-4-8-27-3)18(14)10-17(13)22/h9-12,26H,4,7-8H2,1-3H3,(H,23,24). The van der Waals surface area contributed by atoms with Crippen molar-refractivity contribution in [1.29, 1.82) is 0 Å². The van der Waals surface area contributed by atoms with Crippen molar-refractivity contribution < 1.29 is 14.2 Å². The number of ether oxygens (including phenoxy) is 1. The first-order valence-corrected chi connectivity index (χ1v) is 8.94. The lowest BCUT2D eigenvalue weighted by atomic mass is 10.0. The summed E-state index contributed by atoms with van der Waals surface area (Å²) in [5.74, 6) is 4.95. The van der Waals surface area contributed by atoms with Gasteiger partial charge in [0.15, 0.2) is 0 Å². The summed E-state index contributed by atoms with van der Waals surface area (Å²) < 4.78 is 21.7. The first-order valence-electron chi connectivity index (χ1n) is 8.56. The third kappa shape index (κ3) is 4.33. The molecule has 0 atom stereocenters. The van der Waals surface area contributed by atoms with Crippen LogP contribution in [-0.4, -0.2) is 39.2 Å². The highest BCUT2D eigenvalue weighted by Gasteiger charge is 2.17. The molecule has 0 spiro atoms. The predicted molar refractivity (Wildman–Crippen MR) is 104 cm³/mol. The van der Waals surface area contributed by atoms with E-state index < -0.39 is 11.4 Å². The molecule has 5 nitrogen and oxygen atoms in total. The fourth-order valence-corrected chi connectivity index (χ4v) is 3.06. The van der Waals surface area contributed by atoms with Gasteiger partial charge in [-0.2, -0.15) is 5.10 Å². The molecule has 2 heterocycles. The van der Waals surface area contributed by atoms with E-state index in [1.54, 1.807) is 33.2 Å². The Hall–Kier alpha value is -2.33. The van der Waals surface area contributed by atoms with E-state index in [9.17, 15) is 9.50 Å². The van der Waals surface area contributed by atoms with E-state index in [-0.39, 0.29) is 5.56 Å². The van der Waals surface area contributed by atoms with Gasteiger partial charge in [-0.3, -0.25) is 5.10 Å². The molecule has 0 unspecified atom stereocenters. The minimum atomic E-state index is -1.20. The van der Waals surface area contributed by atoms with Crippen LogP contribution in [0.1, 0.15) is 25.8 Å². The molecule has 27 heavy (non-hydrogen) atoms. The largest absolute Gasteiger partial charge is 0.385 e. The minimum Gasteiger partial charge on any atom is -0.385 e. The number of aromatic nitrogens is 3. The van der Waals surface area contributed by atoms with Crippen LogP contribution in [0.3, 0.4) is 0 Å². The summed E-state index contributed by atoms with van der Waals surface area (Å²) in [6, 6.07) is 3.16. The van der Waals surface area contributed by atoms with Gasteiger partial charge in [-0.1, -0.05) is 23.4 Å². The van der Waals surface area contributed by atoms with Gasteiger partial charge in [0.05, 0.1) is 17.3 Å². The smallest absolute Gasteiger partial charge is 0.140 e. The Morgan fingerprint density at radius 2 is 2.15 bits per heavy atom. The highest BCUT2D eigenvalue weighted by molar-refractivity contribution is 6.32. The maximum atomic E-state index is 14.6. The van der Waals surface area contributed by atoms with E-state index in [1.807, 2.05) is 10.8 Å². The number of fused-ring (bicyclic) bond motifs is 1. The van der Waals surface area contributed by atoms with Crippen molar-refractivity contribution in [3.05, 3.63) is 41.1 Å². The number of methoxy groups -OCH3 is 1. The summed E-state index contributed by atoms with van der Waals surface area (Å²) in [6.45, 7) is 4.39. The van der Waals surface area contributed by atoms with Gasteiger partial charge in [0.25, 0.3) is 0 Å². The molecule has 0 aliphatic heterocycles. The SMILES string of the molecule is COCCCn1cc(-c2cn[nH]c2Cl)c2cc(C#CC(C)(C)O)c(F)cc21. The van der Waals surface area contributed by atoms with Crippen LogP contribution in [0.2, 0.25) is 5.15 Å². The Kier molecular flexibility index (Phi) is 5.56. The molecule has 3 rings (SSSR count). The van der Waals surface area contributed by atoms with Crippen LogP contribution in [-0.2, 0) is 11.3 Å². The Morgan fingerprint density at radius 1 is 1.37 bits per heavy atom. The van der Waals surface area contributed by atoms with Crippen LogP contribution in [0.25, 0.3) is 22.0 Å². The number of rotatable bonds is 5. The molecular formula is C20H21ClFN3O2. The molecule has 0 amide bonds. The summed E-state index contributed by atoms with van der Waals surface area (Å²) in [6.07, 6.45) is 4.37. The first kappa shape index (κ1) is 19.4. The van der Waals surface area contributed by atoms with Gasteiger partial charge in [-0.05, 0) is 32.4 Å². The van der Waals surface area contributed by atoms with Crippen molar-refractivity contribution >= 4 is 22.5 Å². The number of H-pyrrole nitrogens is 1. The molecule has 0 aliphatic carbocycles. The van der Waals surface area contributed by atoms with Crippen LogP contribution in [0.4, 0.5) is 4.39 Å². The number of benzene rings is 1. The monoisotopic (exact) mass is 389 g/mol. The number of aliphatic hydroxyl groups is 1. The van der Waals surface area contributed by atoms with Crippen molar-refractivity contribution in [2.45, 2.75) is 32.4 Å². The molecule has 3 aromatic rings. The summed E-state index contributed by atoms with van der Waals surface area (Å²) in [7, 11) is 1.65. The van der Waals surface area contributed by atoms with Gasteiger partial charge >= 0.3 is 0 Å². The highest BCUT2D eigenvalue weighted by Crippen LogP contribution is 2.35. The number of hydrogen-bond acceptors (Lipinski definition) is 3. The van der Waals surface area contributed by atoms with Crippen LogP contribution in [0, 0.1) is 17.7 Å². The van der Waals surface area contributed by atoms with Crippen molar-refractivity contribution in [1.82, 2.24) is 14.8 Å². The lowest BCUT2D eigenvalue weighted by Crippen LogP contribution is -2.14.